The average molecular weight is 378 g/mol. The molecule has 3 saturated heterocycles. The summed E-state index contributed by atoms with van der Waals surface area (Å²) in [7, 11) is 0. The van der Waals surface area contributed by atoms with E-state index in [-0.39, 0.29) is 24.4 Å². The molecule has 3 aliphatic heterocycles. The molecular formula is C19H30N4O4. The molecule has 1 N–H and O–H groups in total. The molecular weight excluding hydrogens is 348 g/mol. The Balaban J connectivity index is 1.37. The molecule has 0 radical (unpaired) electrons. The number of urea groups is 1. The van der Waals surface area contributed by atoms with Crippen LogP contribution in [-0.4, -0.2) is 90.6 Å². The second-order valence-corrected chi connectivity index (χ2v) is 8.18. The van der Waals surface area contributed by atoms with Crippen molar-refractivity contribution in [2.45, 2.75) is 50.6 Å². The third-order valence-electron chi connectivity index (χ3n) is 6.43. The summed E-state index contributed by atoms with van der Waals surface area (Å²) in [6.07, 6.45) is 6.80. The fraction of sp³-hybridized carbons (Fsp3) is 0.842. The fourth-order valence-electron chi connectivity index (χ4n) is 4.85. The van der Waals surface area contributed by atoms with Gasteiger partial charge in [0.1, 0.15) is 12.1 Å². The van der Waals surface area contributed by atoms with Crippen molar-refractivity contribution in [3.8, 4) is 0 Å². The van der Waals surface area contributed by atoms with E-state index in [0.717, 1.165) is 19.3 Å². The summed E-state index contributed by atoms with van der Waals surface area (Å²) in [6.45, 7) is 3.48. The Morgan fingerprint density at radius 1 is 1.00 bits per heavy atom. The Hall–Kier alpha value is -1.83. The highest BCUT2D eigenvalue weighted by atomic mass is 16.5. The molecule has 0 bridgehead atoms. The summed E-state index contributed by atoms with van der Waals surface area (Å²) >= 11 is 0. The number of hydrogen-bond donors (Lipinski definition) is 1. The Labute approximate surface area is 160 Å². The predicted molar refractivity (Wildman–Crippen MR) is 98.0 cm³/mol. The van der Waals surface area contributed by atoms with Crippen LogP contribution in [0.4, 0.5) is 4.79 Å². The molecule has 0 aromatic carbocycles. The highest BCUT2D eigenvalue weighted by molar-refractivity contribution is 5.97. The number of amides is 4. The monoisotopic (exact) mass is 378 g/mol. The van der Waals surface area contributed by atoms with E-state index < -0.39 is 12.1 Å². The molecule has 0 aromatic rings. The quantitative estimate of drug-likeness (QED) is 0.755. The van der Waals surface area contributed by atoms with Gasteiger partial charge in [0.15, 0.2) is 0 Å². The summed E-state index contributed by atoms with van der Waals surface area (Å²) in [6, 6.07) is -1.00. The van der Waals surface area contributed by atoms with Gasteiger partial charge in [-0.2, -0.15) is 0 Å². The lowest BCUT2D eigenvalue weighted by atomic mass is 9.84. The van der Waals surface area contributed by atoms with E-state index in [1.165, 1.54) is 19.3 Å². The average Bonchev–Trinajstić information content (AvgIpc) is 2.72. The number of morpholine rings is 1. The lowest BCUT2D eigenvalue weighted by Gasteiger charge is -2.46. The van der Waals surface area contributed by atoms with Gasteiger partial charge in [-0.3, -0.25) is 9.59 Å². The molecule has 4 rings (SSSR count). The van der Waals surface area contributed by atoms with E-state index in [1.807, 2.05) is 0 Å². The van der Waals surface area contributed by atoms with E-state index in [2.05, 4.69) is 5.32 Å². The van der Waals surface area contributed by atoms with E-state index in [1.54, 1.807) is 14.7 Å². The summed E-state index contributed by atoms with van der Waals surface area (Å²) in [5.41, 5.74) is 0. The maximum Gasteiger partial charge on any atom is 0.320 e. The second-order valence-electron chi connectivity index (χ2n) is 8.18. The third-order valence-corrected chi connectivity index (χ3v) is 6.43. The first-order valence-corrected chi connectivity index (χ1v) is 10.4. The molecule has 3 heterocycles. The van der Waals surface area contributed by atoms with Crippen LogP contribution < -0.4 is 5.32 Å². The van der Waals surface area contributed by atoms with Crippen molar-refractivity contribution in [3.05, 3.63) is 0 Å². The van der Waals surface area contributed by atoms with Crippen LogP contribution in [-0.2, 0) is 14.3 Å². The number of hydrogen-bond acceptors (Lipinski definition) is 4. The highest BCUT2D eigenvalue weighted by Crippen LogP contribution is 2.29. The number of ether oxygens (including phenoxy) is 1. The van der Waals surface area contributed by atoms with Crippen molar-refractivity contribution in [2.75, 3.05) is 45.9 Å². The zero-order chi connectivity index (χ0) is 18.8. The van der Waals surface area contributed by atoms with Crippen LogP contribution in [0.3, 0.4) is 0 Å². The van der Waals surface area contributed by atoms with Crippen LogP contribution in [0.25, 0.3) is 0 Å². The molecule has 8 heteroatoms. The van der Waals surface area contributed by atoms with Gasteiger partial charge in [0.2, 0.25) is 11.8 Å². The van der Waals surface area contributed by atoms with Gasteiger partial charge in [0, 0.05) is 26.2 Å². The molecule has 4 aliphatic rings. The van der Waals surface area contributed by atoms with Gasteiger partial charge in [0.25, 0.3) is 0 Å². The van der Waals surface area contributed by atoms with Crippen LogP contribution in [0.5, 0.6) is 0 Å². The number of piperazine rings is 2. The smallest absolute Gasteiger partial charge is 0.320 e. The van der Waals surface area contributed by atoms with E-state index >= 15 is 0 Å². The van der Waals surface area contributed by atoms with Crippen LogP contribution >= 0.6 is 0 Å². The largest absolute Gasteiger partial charge is 0.378 e. The maximum atomic E-state index is 12.9. The highest BCUT2D eigenvalue weighted by Gasteiger charge is 2.45. The van der Waals surface area contributed by atoms with Crippen LogP contribution in [0.1, 0.15) is 38.5 Å². The number of rotatable bonds is 2. The third kappa shape index (κ3) is 3.90. The normalized spacial score (nSPS) is 30.1. The molecule has 0 spiro atoms. The van der Waals surface area contributed by atoms with Gasteiger partial charge < -0.3 is 24.8 Å². The first-order chi connectivity index (χ1) is 13.1. The SMILES string of the molecule is O=C1NC(CC2CCCCC2)C(=O)N2CCN(C(=O)N3CCOCC3)CC12. The fourth-order valence-corrected chi connectivity index (χ4v) is 4.85. The van der Waals surface area contributed by atoms with Gasteiger partial charge in [0.05, 0.1) is 19.8 Å². The first-order valence-electron chi connectivity index (χ1n) is 10.4. The molecule has 0 aromatic heterocycles. The van der Waals surface area contributed by atoms with Crippen molar-refractivity contribution >= 4 is 17.8 Å². The van der Waals surface area contributed by atoms with Crippen molar-refractivity contribution in [2.24, 2.45) is 5.92 Å². The summed E-state index contributed by atoms with van der Waals surface area (Å²) < 4.78 is 5.30. The van der Waals surface area contributed by atoms with E-state index in [9.17, 15) is 14.4 Å². The lowest BCUT2D eigenvalue weighted by Crippen LogP contribution is -2.70. The standard InChI is InChI=1S/C19H30N4O4/c24-17-16-13-22(19(26)21-8-10-27-11-9-21)6-7-23(16)18(25)15(20-17)12-14-4-2-1-3-5-14/h14-16H,1-13H2,(H,20,24). The van der Waals surface area contributed by atoms with E-state index in [4.69, 9.17) is 4.74 Å². The number of carbonyl (C=O) groups excluding carboxylic acids is 3. The summed E-state index contributed by atoms with van der Waals surface area (Å²) in [5, 5.41) is 2.95. The second kappa shape index (κ2) is 8.04. The van der Waals surface area contributed by atoms with Crippen LogP contribution in [0.2, 0.25) is 0 Å². The molecule has 8 nitrogen and oxygen atoms in total. The van der Waals surface area contributed by atoms with Gasteiger partial charge in [-0.15, -0.1) is 0 Å². The topological polar surface area (TPSA) is 82.2 Å². The van der Waals surface area contributed by atoms with Gasteiger partial charge in [-0.25, -0.2) is 4.79 Å². The van der Waals surface area contributed by atoms with Gasteiger partial charge in [-0.1, -0.05) is 32.1 Å². The minimum Gasteiger partial charge on any atom is -0.378 e. The van der Waals surface area contributed by atoms with Crippen molar-refractivity contribution in [1.29, 1.82) is 0 Å². The lowest BCUT2D eigenvalue weighted by molar-refractivity contribution is -0.152. The first kappa shape index (κ1) is 18.5. The van der Waals surface area contributed by atoms with Crippen molar-refractivity contribution < 1.29 is 19.1 Å². The van der Waals surface area contributed by atoms with Crippen LogP contribution in [0, 0.1) is 5.92 Å². The molecule has 2 atom stereocenters. The molecule has 27 heavy (non-hydrogen) atoms. The predicted octanol–water partition coefficient (Wildman–Crippen LogP) is 0.420. The number of nitrogens with one attached hydrogen (secondary N) is 1. The Morgan fingerprint density at radius 2 is 1.74 bits per heavy atom. The molecule has 4 amide bonds. The summed E-state index contributed by atoms with van der Waals surface area (Å²) in [5.74, 6) is 0.451. The minimum atomic E-state index is -0.557. The maximum absolute atomic E-state index is 12.9. The minimum absolute atomic E-state index is 0.0312. The zero-order valence-corrected chi connectivity index (χ0v) is 15.9. The number of nitrogens with zero attached hydrogens (tertiary/aromatic N) is 3. The van der Waals surface area contributed by atoms with E-state index in [0.29, 0.717) is 45.3 Å². The molecule has 2 unspecified atom stereocenters. The van der Waals surface area contributed by atoms with Gasteiger partial charge in [-0.05, 0) is 12.3 Å². The van der Waals surface area contributed by atoms with Gasteiger partial charge >= 0.3 is 6.03 Å². The Kier molecular flexibility index (Phi) is 5.52. The molecule has 4 fully saturated rings. The van der Waals surface area contributed by atoms with Crippen LogP contribution in [0.15, 0.2) is 0 Å². The summed E-state index contributed by atoms with van der Waals surface area (Å²) in [4.78, 5) is 43.5. The van der Waals surface area contributed by atoms with Crippen molar-refractivity contribution in [1.82, 2.24) is 20.0 Å². The molecule has 1 saturated carbocycles. The van der Waals surface area contributed by atoms with Crippen molar-refractivity contribution in [3.63, 3.8) is 0 Å². The zero-order valence-electron chi connectivity index (χ0n) is 15.9. The molecule has 1 aliphatic carbocycles. The molecule has 150 valence electrons. The number of fused-ring (bicyclic) bond motifs is 1. The Bertz CT molecular complexity index is 586. The number of carbonyl (C=O) groups is 3. The Morgan fingerprint density at radius 3 is 2.48 bits per heavy atom.